The SMILES string of the molecule is O=S1(=O)NC2CCCN2c2ccc(Oc3cccc(-c4nnn[nH]4)c3)cc21. The van der Waals surface area contributed by atoms with E-state index in [0.717, 1.165) is 30.6 Å². The van der Waals surface area contributed by atoms with Gasteiger partial charge in [0.15, 0.2) is 5.82 Å². The van der Waals surface area contributed by atoms with Crippen molar-refractivity contribution in [2.45, 2.75) is 23.9 Å². The van der Waals surface area contributed by atoms with Crippen LogP contribution in [0.3, 0.4) is 0 Å². The smallest absolute Gasteiger partial charge is 0.244 e. The zero-order valence-electron chi connectivity index (χ0n) is 14.2. The van der Waals surface area contributed by atoms with Gasteiger partial charge in [-0.3, -0.25) is 0 Å². The first kappa shape index (κ1) is 16.2. The lowest BCUT2D eigenvalue weighted by Gasteiger charge is -2.33. The second kappa shape index (κ2) is 6.03. The van der Waals surface area contributed by atoms with Crippen LogP contribution in [0.25, 0.3) is 11.4 Å². The molecular weight excluding hydrogens is 368 g/mol. The summed E-state index contributed by atoms with van der Waals surface area (Å²) in [6, 6.07) is 12.4. The van der Waals surface area contributed by atoms with Crippen LogP contribution in [-0.4, -0.2) is 41.8 Å². The monoisotopic (exact) mass is 384 g/mol. The molecule has 0 saturated carbocycles. The molecule has 27 heavy (non-hydrogen) atoms. The molecule has 1 fully saturated rings. The molecule has 2 aliphatic rings. The summed E-state index contributed by atoms with van der Waals surface area (Å²) in [5.41, 5.74) is 1.50. The molecule has 1 saturated heterocycles. The molecule has 0 amide bonds. The van der Waals surface area contributed by atoms with Crippen LogP contribution in [0.1, 0.15) is 12.8 Å². The Morgan fingerprint density at radius 1 is 1.15 bits per heavy atom. The topological polar surface area (TPSA) is 113 Å². The highest BCUT2D eigenvalue weighted by atomic mass is 32.2. The number of nitrogens with zero attached hydrogens (tertiary/aromatic N) is 4. The Morgan fingerprint density at radius 2 is 2.04 bits per heavy atom. The number of rotatable bonds is 3. The molecule has 2 N–H and O–H groups in total. The van der Waals surface area contributed by atoms with Crippen LogP contribution in [0.5, 0.6) is 11.5 Å². The van der Waals surface area contributed by atoms with Crippen molar-refractivity contribution < 1.29 is 13.2 Å². The Morgan fingerprint density at radius 3 is 2.89 bits per heavy atom. The van der Waals surface area contributed by atoms with Gasteiger partial charge in [0.2, 0.25) is 10.0 Å². The average Bonchev–Trinajstić information content (AvgIpc) is 3.33. The summed E-state index contributed by atoms with van der Waals surface area (Å²) in [6.45, 7) is 0.841. The Kier molecular flexibility index (Phi) is 3.62. The van der Waals surface area contributed by atoms with E-state index in [2.05, 4.69) is 30.2 Å². The van der Waals surface area contributed by atoms with Gasteiger partial charge in [0, 0.05) is 18.2 Å². The molecular formula is C17H16N6O3S. The third-order valence-electron chi connectivity index (χ3n) is 4.76. The number of hydrogen-bond donors (Lipinski definition) is 2. The van der Waals surface area contributed by atoms with Crippen LogP contribution in [0.2, 0.25) is 0 Å². The van der Waals surface area contributed by atoms with E-state index in [0.29, 0.717) is 17.3 Å². The van der Waals surface area contributed by atoms with Gasteiger partial charge in [-0.15, -0.1) is 5.10 Å². The van der Waals surface area contributed by atoms with Crippen molar-refractivity contribution in [1.29, 1.82) is 0 Å². The van der Waals surface area contributed by atoms with Gasteiger partial charge in [0.1, 0.15) is 16.4 Å². The van der Waals surface area contributed by atoms with Crippen molar-refractivity contribution in [3.8, 4) is 22.9 Å². The summed E-state index contributed by atoms with van der Waals surface area (Å²) in [4.78, 5) is 2.34. The third-order valence-corrected chi connectivity index (χ3v) is 6.25. The van der Waals surface area contributed by atoms with E-state index in [1.54, 1.807) is 24.3 Å². The lowest BCUT2D eigenvalue weighted by molar-refractivity contribution is 0.479. The van der Waals surface area contributed by atoms with Crippen molar-refractivity contribution in [1.82, 2.24) is 25.3 Å². The molecule has 10 heteroatoms. The number of aromatic nitrogens is 4. The van der Waals surface area contributed by atoms with Crippen LogP contribution >= 0.6 is 0 Å². The van der Waals surface area contributed by atoms with Crippen molar-refractivity contribution in [3.63, 3.8) is 0 Å². The number of benzene rings is 2. The van der Waals surface area contributed by atoms with Crippen LogP contribution in [-0.2, 0) is 10.0 Å². The molecule has 5 rings (SSSR count). The normalized spacial score (nSPS) is 20.1. The molecule has 3 heterocycles. The molecule has 0 aliphatic carbocycles. The Balaban J connectivity index is 1.48. The Bertz CT molecular complexity index is 1100. The number of hydrogen-bond acceptors (Lipinski definition) is 7. The maximum Gasteiger partial charge on any atom is 0.244 e. The van der Waals surface area contributed by atoms with E-state index in [1.807, 2.05) is 18.2 Å². The molecule has 0 radical (unpaired) electrons. The molecule has 9 nitrogen and oxygen atoms in total. The van der Waals surface area contributed by atoms with Crippen LogP contribution < -0.4 is 14.4 Å². The molecule has 3 aromatic rings. The van der Waals surface area contributed by atoms with Crippen molar-refractivity contribution in [2.24, 2.45) is 0 Å². The van der Waals surface area contributed by atoms with Crippen LogP contribution in [0, 0.1) is 0 Å². The minimum Gasteiger partial charge on any atom is -0.457 e. The second-order valence-electron chi connectivity index (χ2n) is 6.48. The van der Waals surface area contributed by atoms with E-state index in [1.165, 1.54) is 0 Å². The van der Waals surface area contributed by atoms with Crippen LogP contribution in [0.15, 0.2) is 47.4 Å². The molecule has 2 aromatic carbocycles. The second-order valence-corrected chi connectivity index (χ2v) is 8.16. The minimum absolute atomic E-state index is 0.151. The van der Waals surface area contributed by atoms with Gasteiger partial charge in [0.25, 0.3) is 0 Å². The first-order valence-corrected chi connectivity index (χ1v) is 10.0. The summed E-state index contributed by atoms with van der Waals surface area (Å²) in [5.74, 6) is 1.53. The molecule has 0 spiro atoms. The standard InChI is InChI=1S/C17H16N6O3S/c24-27(25)15-10-13(6-7-14(15)23-8-2-5-16(23)20-27)26-12-4-1-3-11(9-12)17-18-21-22-19-17/h1,3-4,6-7,9-10,16,20H,2,5,8H2,(H,18,19,21,22). The number of H-pyrrole nitrogens is 1. The summed E-state index contributed by atoms with van der Waals surface area (Å²) < 4.78 is 33.9. The Labute approximate surface area is 155 Å². The fourth-order valence-electron chi connectivity index (χ4n) is 3.55. The Hall–Kier alpha value is -2.98. The van der Waals surface area contributed by atoms with E-state index < -0.39 is 10.0 Å². The number of nitrogens with one attached hydrogen (secondary N) is 2. The van der Waals surface area contributed by atoms with E-state index in [9.17, 15) is 8.42 Å². The molecule has 138 valence electrons. The molecule has 1 unspecified atom stereocenters. The van der Waals surface area contributed by atoms with Crippen LogP contribution in [0.4, 0.5) is 5.69 Å². The lowest BCUT2D eigenvalue weighted by atomic mass is 10.2. The molecule has 0 bridgehead atoms. The number of fused-ring (bicyclic) bond motifs is 3. The van der Waals surface area contributed by atoms with Gasteiger partial charge in [-0.05, 0) is 47.5 Å². The number of anilines is 1. The van der Waals surface area contributed by atoms with Crippen molar-refractivity contribution in [2.75, 3.05) is 11.4 Å². The number of ether oxygens (including phenoxy) is 1. The maximum absolute atomic E-state index is 12.6. The predicted molar refractivity (Wildman–Crippen MR) is 96.8 cm³/mol. The van der Waals surface area contributed by atoms with Gasteiger partial charge >= 0.3 is 0 Å². The van der Waals surface area contributed by atoms with Gasteiger partial charge in [-0.1, -0.05) is 12.1 Å². The van der Waals surface area contributed by atoms with Crippen molar-refractivity contribution >= 4 is 15.7 Å². The predicted octanol–water partition coefficient (Wildman–Crippen LogP) is 1.88. The van der Waals surface area contributed by atoms with Gasteiger partial charge in [-0.25, -0.2) is 13.5 Å². The highest BCUT2D eigenvalue weighted by Crippen LogP contribution is 2.38. The highest BCUT2D eigenvalue weighted by Gasteiger charge is 2.37. The highest BCUT2D eigenvalue weighted by molar-refractivity contribution is 7.89. The lowest BCUT2D eigenvalue weighted by Crippen LogP contribution is -2.48. The fourth-order valence-corrected chi connectivity index (χ4v) is 5.02. The zero-order chi connectivity index (χ0) is 18.4. The zero-order valence-corrected chi connectivity index (χ0v) is 15.0. The van der Waals surface area contributed by atoms with Crippen molar-refractivity contribution in [3.05, 3.63) is 42.5 Å². The summed E-state index contributed by atoms with van der Waals surface area (Å²) in [6.07, 6.45) is 1.63. The first-order valence-electron chi connectivity index (χ1n) is 8.55. The first-order chi connectivity index (χ1) is 13.1. The number of sulfonamides is 1. The third kappa shape index (κ3) is 2.82. The molecule has 1 atom stereocenters. The fraction of sp³-hybridized carbons (Fsp3) is 0.235. The summed E-state index contributed by atoms with van der Waals surface area (Å²) in [7, 11) is -3.56. The van der Waals surface area contributed by atoms with Gasteiger partial charge in [0.05, 0.1) is 11.9 Å². The number of tetrazole rings is 1. The quantitative estimate of drug-likeness (QED) is 0.709. The summed E-state index contributed by atoms with van der Waals surface area (Å²) >= 11 is 0. The van der Waals surface area contributed by atoms with E-state index >= 15 is 0 Å². The van der Waals surface area contributed by atoms with Gasteiger partial charge in [-0.2, -0.15) is 4.72 Å². The largest absolute Gasteiger partial charge is 0.457 e. The number of aromatic amines is 1. The average molecular weight is 384 g/mol. The summed E-state index contributed by atoms with van der Waals surface area (Å²) in [5, 5.41) is 13.7. The van der Waals surface area contributed by atoms with Gasteiger partial charge < -0.3 is 9.64 Å². The minimum atomic E-state index is -3.56. The molecule has 2 aliphatic heterocycles. The van der Waals surface area contributed by atoms with E-state index in [-0.39, 0.29) is 11.1 Å². The maximum atomic E-state index is 12.6. The molecule has 1 aromatic heterocycles. The van der Waals surface area contributed by atoms with E-state index in [4.69, 9.17) is 4.74 Å².